The Morgan fingerprint density at radius 1 is 1.46 bits per heavy atom. The first kappa shape index (κ1) is 11.8. The van der Waals surface area contributed by atoms with Gasteiger partial charge in [0.25, 0.3) is 0 Å². The van der Waals surface area contributed by atoms with Gasteiger partial charge in [0.05, 0.1) is 11.7 Å². The van der Waals surface area contributed by atoms with Crippen LogP contribution in [0, 0.1) is 11.3 Å². The minimum Gasteiger partial charge on any atom is -0.379 e. The molecule has 0 amide bonds. The molecule has 0 aliphatic rings. The summed E-state index contributed by atoms with van der Waals surface area (Å²) in [4.78, 5) is 13.5. The van der Waals surface area contributed by atoms with Crippen molar-refractivity contribution in [2.45, 2.75) is 38.3 Å². The van der Waals surface area contributed by atoms with Gasteiger partial charge in [-0.3, -0.25) is 0 Å². The summed E-state index contributed by atoms with van der Waals surface area (Å²) in [5, 5.41) is 8.80. The van der Waals surface area contributed by atoms with Gasteiger partial charge in [0.1, 0.15) is 0 Å². The summed E-state index contributed by atoms with van der Waals surface area (Å²) >= 11 is 0. The fraction of sp³-hybridized carbons (Fsp3) is 0.778. The molecule has 0 aromatic carbocycles. The molecule has 4 nitrogen and oxygen atoms in total. The van der Waals surface area contributed by atoms with Gasteiger partial charge in [0.15, 0.2) is 5.54 Å². The van der Waals surface area contributed by atoms with E-state index < -0.39 is 11.1 Å². The number of rotatable bonds is 4. The Morgan fingerprint density at radius 3 is 2.31 bits per heavy atom. The predicted molar refractivity (Wildman–Crippen MR) is 47.8 cm³/mol. The highest BCUT2D eigenvalue weighted by atomic mass is 16.5. The first-order valence-electron chi connectivity index (χ1n) is 3.94. The molecular weight excluding hydrogens is 168 g/mol. The molecule has 0 bridgehead atoms. The Kier molecular flexibility index (Phi) is 3.80. The summed E-state index contributed by atoms with van der Waals surface area (Å²) in [7, 11) is 1.56. The standard InChI is InChI=1S/C9H14N2O2/c1-8(2,13-4)5-9(3,6-10)11-7-12/h5H2,1-4H3. The highest BCUT2D eigenvalue weighted by Gasteiger charge is 2.32. The SMILES string of the molecule is COC(C)(C)CC(C)(C#N)N=C=O. The van der Waals surface area contributed by atoms with Crippen molar-refractivity contribution in [3.8, 4) is 6.07 Å². The molecule has 0 aromatic rings. The molecule has 0 saturated carbocycles. The van der Waals surface area contributed by atoms with Gasteiger partial charge in [-0.05, 0) is 20.8 Å². The number of ether oxygens (including phenoxy) is 1. The Hall–Kier alpha value is -1.17. The lowest BCUT2D eigenvalue weighted by Gasteiger charge is -2.28. The highest BCUT2D eigenvalue weighted by Crippen LogP contribution is 2.25. The summed E-state index contributed by atoms with van der Waals surface area (Å²) in [5.41, 5.74) is -1.51. The van der Waals surface area contributed by atoms with Crippen molar-refractivity contribution in [2.75, 3.05) is 7.11 Å². The Balaban J connectivity index is 4.65. The van der Waals surface area contributed by atoms with Gasteiger partial charge in [-0.25, -0.2) is 4.79 Å². The smallest absolute Gasteiger partial charge is 0.236 e. The molecule has 72 valence electrons. The van der Waals surface area contributed by atoms with Crippen LogP contribution in [0.5, 0.6) is 0 Å². The number of isocyanates is 1. The summed E-state index contributed by atoms with van der Waals surface area (Å²) in [6.45, 7) is 5.25. The van der Waals surface area contributed by atoms with E-state index in [0.717, 1.165) is 0 Å². The number of nitriles is 1. The third kappa shape index (κ3) is 3.84. The quantitative estimate of drug-likeness (QED) is 0.488. The van der Waals surface area contributed by atoms with Gasteiger partial charge in [-0.15, -0.1) is 0 Å². The van der Waals surface area contributed by atoms with Crippen molar-refractivity contribution in [2.24, 2.45) is 4.99 Å². The molecule has 0 heterocycles. The molecule has 0 aliphatic heterocycles. The molecule has 13 heavy (non-hydrogen) atoms. The van der Waals surface area contributed by atoms with Crippen LogP contribution in [0.3, 0.4) is 0 Å². The molecule has 0 aromatic heterocycles. The van der Waals surface area contributed by atoms with Crippen LogP contribution in [0.25, 0.3) is 0 Å². The van der Waals surface area contributed by atoms with Crippen molar-refractivity contribution in [3.05, 3.63) is 0 Å². The second kappa shape index (κ2) is 4.18. The Morgan fingerprint density at radius 2 is 2.00 bits per heavy atom. The van der Waals surface area contributed by atoms with Gasteiger partial charge in [-0.1, -0.05) is 0 Å². The molecule has 0 N–H and O–H groups in total. The summed E-state index contributed by atoms with van der Waals surface area (Å²) < 4.78 is 5.14. The van der Waals surface area contributed by atoms with Crippen LogP contribution in [-0.2, 0) is 9.53 Å². The fourth-order valence-corrected chi connectivity index (χ4v) is 1.11. The van der Waals surface area contributed by atoms with E-state index in [9.17, 15) is 4.79 Å². The number of carbonyl (C=O) groups excluding carboxylic acids is 1. The van der Waals surface area contributed by atoms with Crippen molar-refractivity contribution in [1.82, 2.24) is 0 Å². The fourth-order valence-electron chi connectivity index (χ4n) is 1.11. The second-order valence-electron chi connectivity index (χ2n) is 3.73. The van der Waals surface area contributed by atoms with E-state index in [-0.39, 0.29) is 0 Å². The third-order valence-corrected chi connectivity index (χ3v) is 1.86. The molecule has 0 rings (SSSR count). The molecule has 0 saturated heterocycles. The molecule has 1 unspecified atom stereocenters. The second-order valence-corrected chi connectivity index (χ2v) is 3.73. The summed E-state index contributed by atoms with van der Waals surface area (Å²) in [6, 6.07) is 1.96. The summed E-state index contributed by atoms with van der Waals surface area (Å²) in [6.07, 6.45) is 1.77. The number of nitrogens with zero attached hydrogens (tertiary/aromatic N) is 2. The van der Waals surface area contributed by atoms with Gasteiger partial charge in [0, 0.05) is 13.5 Å². The summed E-state index contributed by atoms with van der Waals surface area (Å²) in [5.74, 6) is 0. The van der Waals surface area contributed by atoms with Crippen LogP contribution in [0.15, 0.2) is 4.99 Å². The Bertz CT molecular complexity index is 261. The van der Waals surface area contributed by atoms with Gasteiger partial charge < -0.3 is 4.74 Å². The Labute approximate surface area is 78.2 Å². The molecule has 0 aliphatic carbocycles. The van der Waals surface area contributed by atoms with Crippen LogP contribution < -0.4 is 0 Å². The van der Waals surface area contributed by atoms with E-state index in [2.05, 4.69) is 4.99 Å². The number of hydrogen-bond acceptors (Lipinski definition) is 4. The normalized spacial score (nSPS) is 15.3. The number of hydrogen-bond donors (Lipinski definition) is 0. The van der Waals surface area contributed by atoms with E-state index in [0.29, 0.717) is 6.42 Å². The van der Waals surface area contributed by atoms with E-state index in [1.807, 2.05) is 19.9 Å². The zero-order valence-corrected chi connectivity index (χ0v) is 8.42. The molecule has 0 radical (unpaired) electrons. The highest BCUT2D eigenvalue weighted by molar-refractivity contribution is 5.36. The molecular formula is C9H14N2O2. The lowest BCUT2D eigenvalue weighted by Crippen LogP contribution is -2.34. The number of methoxy groups -OCH3 is 1. The largest absolute Gasteiger partial charge is 0.379 e. The first-order valence-corrected chi connectivity index (χ1v) is 3.94. The minimum atomic E-state index is -1.04. The van der Waals surface area contributed by atoms with E-state index in [1.165, 1.54) is 6.08 Å². The molecule has 0 spiro atoms. The van der Waals surface area contributed by atoms with Crippen molar-refractivity contribution >= 4 is 6.08 Å². The lowest BCUT2D eigenvalue weighted by molar-refractivity contribution is 0.00558. The first-order chi connectivity index (χ1) is 5.89. The molecule has 4 heteroatoms. The van der Waals surface area contributed by atoms with Crippen LogP contribution in [0.2, 0.25) is 0 Å². The number of aliphatic imine (C=N–C) groups is 1. The topological polar surface area (TPSA) is 62.4 Å². The zero-order chi connectivity index (χ0) is 10.5. The van der Waals surface area contributed by atoms with Gasteiger partial charge >= 0.3 is 0 Å². The maximum Gasteiger partial charge on any atom is 0.236 e. The van der Waals surface area contributed by atoms with Crippen molar-refractivity contribution in [3.63, 3.8) is 0 Å². The lowest BCUT2D eigenvalue weighted by atomic mass is 9.89. The van der Waals surface area contributed by atoms with E-state index in [1.54, 1.807) is 14.0 Å². The minimum absolute atomic E-state index is 0.363. The third-order valence-electron chi connectivity index (χ3n) is 1.86. The average Bonchev–Trinajstić information content (AvgIpc) is 2.04. The molecule has 0 fully saturated rings. The maximum atomic E-state index is 10.1. The van der Waals surface area contributed by atoms with Gasteiger partial charge in [0.2, 0.25) is 6.08 Å². The van der Waals surface area contributed by atoms with Crippen molar-refractivity contribution < 1.29 is 9.53 Å². The molecule has 1 atom stereocenters. The average molecular weight is 182 g/mol. The van der Waals surface area contributed by atoms with Crippen LogP contribution in [-0.4, -0.2) is 24.3 Å². The predicted octanol–water partition coefficient (Wildman–Crippen LogP) is 1.42. The van der Waals surface area contributed by atoms with E-state index in [4.69, 9.17) is 10.00 Å². The monoisotopic (exact) mass is 182 g/mol. The van der Waals surface area contributed by atoms with Crippen molar-refractivity contribution in [1.29, 1.82) is 5.26 Å². The van der Waals surface area contributed by atoms with Crippen LogP contribution in [0.1, 0.15) is 27.2 Å². The van der Waals surface area contributed by atoms with Crippen LogP contribution in [0.4, 0.5) is 0 Å². The van der Waals surface area contributed by atoms with E-state index >= 15 is 0 Å². The maximum absolute atomic E-state index is 10.1. The van der Waals surface area contributed by atoms with Gasteiger partial charge in [-0.2, -0.15) is 10.3 Å². The zero-order valence-electron chi connectivity index (χ0n) is 8.42. The van der Waals surface area contributed by atoms with Crippen LogP contribution >= 0.6 is 0 Å².